The van der Waals surface area contributed by atoms with E-state index in [4.69, 9.17) is 19.3 Å². The Kier molecular flexibility index (Phi) is 6.98. The van der Waals surface area contributed by atoms with Crippen molar-refractivity contribution in [3.05, 3.63) is 90.1 Å². The quantitative estimate of drug-likeness (QED) is 0.368. The Bertz CT molecular complexity index is 1490. The minimum atomic E-state index is -1.33. The van der Waals surface area contributed by atoms with Crippen LogP contribution in [0.5, 0.6) is 17.2 Å². The van der Waals surface area contributed by atoms with Gasteiger partial charge in [-0.1, -0.05) is 48.5 Å². The molecule has 0 bridgehead atoms. The molecule has 9 heteroatoms. The third-order valence-electron chi connectivity index (χ3n) is 6.94. The van der Waals surface area contributed by atoms with Crippen LogP contribution in [0.3, 0.4) is 0 Å². The van der Waals surface area contributed by atoms with Crippen molar-refractivity contribution in [3.63, 3.8) is 0 Å². The average molecular weight is 527 g/mol. The van der Waals surface area contributed by atoms with Crippen LogP contribution < -0.4 is 24.4 Å². The van der Waals surface area contributed by atoms with E-state index in [1.165, 1.54) is 19.1 Å². The second-order valence-electron chi connectivity index (χ2n) is 9.42. The summed E-state index contributed by atoms with van der Waals surface area (Å²) in [6.45, 7) is 2.10. The molecular formula is C30H30N4O5. The first kappa shape index (κ1) is 25.8. The molecule has 9 nitrogen and oxygen atoms in total. The summed E-state index contributed by atoms with van der Waals surface area (Å²) in [6, 6.07) is 24.0. The van der Waals surface area contributed by atoms with E-state index < -0.39 is 5.54 Å². The molecule has 0 saturated carbocycles. The number of fused-ring (bicyclic) bond motifs is 1. The van der Waals surface area contributed by atoms with Gasteiger partial charge in [0, 0.05) is 35.9 Å². The Balaban J connectivity index is 1.58. The van der Waals surface area contributed by atoms with Gasteiger partial charge < -0.3 is 19.5 Å². The summed E-state index contributed by atoms with van der Waals surface area (Å²) in [7, 11) is 4.66. The molecule has 0 spiro atoms. The van der Waals surface area contributed by atoms with Crippen molar-refractivity contribution >= 4 is 17.5 Å². The summed E-state index contributed by atoms with van der Waals surface area (Å²) in [6.07, 6.45) is 0. The zero-order valence-electron chi connectivity index (χ0n) is 22.3. The van der Waals surface area contributed by atoms with E-state index in [9.17, 15) is 9.59 Å². The SMILES string of the molecule is COc1cc(OC)cc(N2C(=O)c3cc(-c4ccccc4)nn3C[C@@]2(C)C(=O)NCc2ccccc2OC)c1. The molecule has 200 valence electrons. The number of aromatic nitrogens is 2. The fourth-order valence-corrected chi connectivity index (χ4v) is 4.87. The fraction of sp³-hybridized carbons (Fsp3) is 0.233. The maximum atomic E-state index is 14.1. The lowest BCUT2D eigenvalue weighted by Crippen LogP contribution is -2.64. The Morgan fingerprint density at radius 1 is 0.923 bits per heavy atom. The van der Waals surface area contributed by atoms with E-state index >= 15 is 0 Å². The Morgan fingerprint density at radius 2 is 1.59 bits per heavy atom. The molecule has 4 aromatic rings. The van der Waals surface area contributed by atoms with Crippen LogP contribution in [-0.2, 0) is 17.9 Å². The molecule has 39 heavy (non-hydrogen) atoms. The van der Waals surface area contributed by atoms with E-state index in [0.717, 1.165) is 11.1 Å². The molecule has 1 aromatic heterocycles. The van der Waals surface area contributed by atoms with E-state index in [0.29, 0.717) is 34.3 Å². The molecule has 1 aliphatic rings. The highest BCUT2D eigenvalue weighted by Gasteiger charge is 2.49. The van der Waals surface area contributed by atoms with Crippen LogP contribution in [-0.4, -0.2) is 48.5 Å². The summed E-state index contributed by atoms with van der Waals surface area (Å²) in [5.41, 5.74) is 1.87. The Hall–Kier alpha value is -4.79. The summed E-state index contributed by atoms with van der Waals surface area (Å²) in [5.74, 6) is 0.960. The van der Waals surface area contributed by atoms with Gasteiger partial charge in [0.2, 0.25) is 5.91 Å². The molecule has 1 aliphatic heterocycles. The van der Waals surface area contributed by atoms with E-state index in [1.807, 2.05) is 54.6 Å². The van der Waals surface area contributed by atoms with E-state index in [1.54, 1.807) is 43.0 Å². The zero-order chi connectivity index (χ0) is 27.6. The standard InChI is InChI=1S/C30H30N4O5/c1-30(29(36)31-18-21-12-8-9-13-27(21)39-4)19-33-26(17-25(32-33)20-10-6-5-7-11-20)28(35)34(30)22-14-23(37-2)16-24(15-22)38-3/h5-17H,18-19H2,1-4H3,(H,31,36)/t30-/m0/s1. The maximum absolute atomic E-state index is 14.1. The molecule has 0 aliphatic carbocycles. The second kappa shape index (κ2) is 10.5. The first-order valence-electron chi connectivity index (χ1n) is 12.5. The van der Waals surface area contributed by atoms with Gasteiger partial charge in [-0.2, -0.15) is 5.10 Å². The van der Waals surface area contributed by atoms with Gasteiger partial charge in [0.05, 0.1) is 39.3 Å². The third kappa shape index (κ3) is 4.79. The zero-order valence-corrected chi connectivity index (χ0v) is 22.3. The number of para-hydroxylation sites is 1. The number of carbonyl (C=O) groups excluding carboxylic acids is 2. The number of amides is 2. The van der Waals surface area contributed by atoms with Gasteiger partial charge in [-0.15, -0.1) is 0 Å². The first-order chi connectivity index (χ1) is 18.9. The molecule has 0 radical (unpaired) electrons. The van der Waals surface area contributed by atoms with Crippen LogP contribution in [0.15, 0.2) is 78.9 Å². The largest absolute Gasteiger partial charge is 0.497 e. The minimum absolute atomic E-state index is 0.137. The van der Waals surface area contributed by atoms with Crippen molar-refractivity contribution in [2.75, 3.05) is 26.2 Å². The molecule has 0 unspecified atom stereocenters. The number of benzene rings is 3. The number of ether oxygens (including phenoxy) is 3. The van der Waals surface area contributed by atoms with Gasteiger partial charge in [-0.3, -0.25) is 19.2 Å². The van der Waals surface area contributed by atoms with Gasteiger partial charge in [0.25, 0.3) is 5.91 Å². The Morgan fingerprint density at radius 3 is 2.26 bits per heavy atom. The van der Waals surface area contributed by atoms with Gasteiger partial charge in [0.15, 0.2) is 0 Å². The van der Waals surface area contributed by atoms with Crippen molar-refractivity contribution in [1.82, 2.24) is 15.1 Å². The van der Waals surface area contributed by atoms with Crippen molar-refractivity contribution in [1.29, 1.82) is 0 Å². The van der Waals surface area contributed by atoms with Crippen LogP contribution in [0.2, 0.25) is 0 Å². The molecule has 1 N–H and O–H groups in total. The molecule has 5 rings (SSSR count). The lowest BCUT2D eigenvalue weighted by Gasteiger charge is -2.43. The van der Waals surface area contributed by atoms with Crippen LogP contribution in [0.25, 0.3) is 11.3 Å². The molecule has 2 heterocycles. The molecular weight excluding hydrogens is 496 g/mol. The third-order valence-corrected chi connectivity index (χ3v) is 6.94. The van der Waals surface area contributed by atoms with Crippen LogP contribution >= 0.6 is 0 Å². The molecule has 0 saturated heterocycles. The summed E-state index contributed by atoms with van der Waals surface area (Å²) in [4.78, 5) is 29.6. The van der Waals surface area contributed by atoms with Gasteiger partial charge >= 0.3 is 0 Å². The highest BCUT2D eigenvalue weighted by atomic mass is 16.5. The van der Waals surface area contributed by atoms with Crippen LogP contribution in [0.4, 0.5) is 5.69 Å². The number of carbonyl (C=O) groups is 2. The monoisotopic (exact) mass is 526 g/mol. The number of methoxy groups -OCH3 is 3. The first-order valence-corrected chi connectivity index (χ1v) is 12.5. The molecule has 1 atom stereocenters. The van der Waals surface area contributed by atoms with E-state index in [2.05, 4.69) is 5.32 Å². The average Bonchev–Trinajstić information content (AvgIpc) is 3.40. The number of nitrogens with one attached hydrogen (secondary N) is 1. The summed E-state index contributed by atoms with van der Waals surface area (Å²) in [5, 5.41) is 7.72. The molecule has 2 amide bonds. The summed E-state index contributed by atoms with van der Waals surface area (Å²) < 4.78 is 18.0. The van der Waals surface area contributed by atoms with Crippen molar-refractivity contribution < 1.29 is 23.8 Å². The van der Waals surface area contributed by atoms with Crippen LogP contribution in [0.1, 0.15) is 23.0 Å². The fourth-order valence-electron chi connectivity index (χ4n) is 4.87. The van der Waals surface area contributed by atoms with Crippen LogP contribution in [0, 0.1) is 0 Å². The second-order valence-corrected chi connectivity index (χ2v) is 9.42. The van der Waals surface area contributed by atoms with Crippen molar-refractivity contribution in [3.8, 4) is 28.5 Å². The minimum Gasteiger partial charge on any atom is -0.497 e. The number of rotatable bonds is 8. The molecule has 3 aromatic carbocycles. The summed E-state index contributed by atoms with van der Waals surface area (Å²) >= 11 is 0. The van der Waals surface area contributed by atoms with Gasteiger partial charge in [0.1, 0.15) is 28.5 Å². The lowest BCUT2D eigenvalue weighted by atomic mass is 9.93. The smallest absolute Gasteiger partial charge is 0.277 e. The number of hydrogen-bond donors (Lipinski definition) is 1. The topological polar surface area (TPSA) is 94.9 Å². The highest BCUT2D eigenvalue weighted by molar-refractivity contribution is 6.12. The van der Waals surface area contributed by atoms with Gasteiger partial charge in [-0.05, 0) is 19.1 Å². The number of nitrogens with zero attached hydrogens (tertiary/aromatic N) is 3. The highest BCUT2D eigenvalue weighted by Crippen LogP contribution is 2.38. The predicted molar refractivity (Wildman–Crippen MR) is 147 cm³/mol. The normalized spacial score (nSPS) is 16.4. The predicted octanol–water partition coefficient (Wildman–Crippen LogP) is 4.31. The maximum Gasteiger partial charge on any atom is 0.277 e. The number of hydrogen-bond acceptors (Lipinski definition) is 6. The number of anilines is 1. The van der Waals surface area contributed by atoms with Crippen molar-refractivity contribution in [2.45, 2.75) is 25.6 Å². The van der Waals surface area contributed by atoms with Crippen molar-refractivity contribution in [2.24, 2.45) is 0 Å². The molecule has 0 fully saturated rings. The Labute approximate surface area is 226 Å². The van der Waals surface area contributed by atoms with Gasteiger partial charge in [-0.25, -0.2) is 0 Å². The van der Waals surface area contributed by atoms with E-state index in [-0.39, 0.29) is 24.9 Å². The lowest BCUT2D eigenvalue weighted by molar-refractivity contribution is -0.126.